The lowest BCUT2D eigenvalue weighted by Gasteiger charge is -2.15. The zero-order chi connectivity index (χ0) is 16.6. The Bertz CT molecular complexity index is 756. The Hall–Kier alpha value is -2.44. The van der Waals surface area contributed by atoms with Gasteiger partial charge in [0, 0.05) is 19.5 Å². The fraction of sp³-hybridized carbons (Fsp3) is 0.438. The van der Waals surface area contributed by atoms with Crippen molar-refractivity contribution in [1.82, 2.24) is 15.5 Å². The second kappa shape index (κ2) is 5.98. The number of aromatic nitrogens is 2. The Labute approximate surface area is 133 Å². The second-order valence-electron chi connectivity index (χ2n) is 6.25. The first-order chi connectivity index (χ1) is 11.0. The van der Waals surface area contributed by atoms with Crippen molar-refractivity contribution < 1.29 is 14.0 Å². The highest BCUT2D eigenvalue weighted by molar-refractivity contribution is 6.05. The summed E-state index contributed by atoms with van der Waals surface area (Å²) in [4.78, 5) is 25.8. The van der Waals surface area contributed by atoms with E-state index >= 15 is 0 Å². The Morgan fingerprint density at radius 3 is 3.04 bits per heavy atom. The van der Waals surface area contributed by atoms with Gasteiger partial charge in [-0.3, -0.25) is 19.6 Å². The highest BCUT2D eigenvalue weighted by Crippen LogP contribution is 2.31. The second-order valence-corrected chi connectivity index (χ2v) is 6.25. The summed E-state index contributed by atoms with van der Waals surface area (Å²) in [5.74, 6) is -0.633. The van der Waals surface area contributed by atoms with Crippen LogP contribution >= 0.6 is 0 Å². The molecule has 1 aromatic heterocycles. The van der Waals surface area contributed by atoms with Gasteiger partial charge >= 0.3 is 0 Å². The predicted molar refractivity (Wildman–Crippen MR) is 84.4 cm³/mol. The van der Waals surface area contributed by atoms with Crippen molar-refractivity contribution in [3.05, 3.63) is 24.0 Å². The van der Waals surface area contributed by atoms with Crippen LogP contribution in [0.3, 0.4) is 0 Å². The third kappa shape index (κ3) is 2.91. The zero-order valence-corrected chi connectivity index (χ0v) is 13.1. The number of halogens is 1. The van der Waals surface area contributed by atoms with Gasteiger partial charge in [-0.1, -0.05) is 19.9 Å². The summed E-state index contributed by atoms with van der Waals surface area (Å²) in [6.07, 6.45) is 0.118. The first-order valence-corrected chi connectivity index (χ1v) is 7.68. The van der Waals surface area contributed by atoms with Gasteiger partial charge in [-0.05, 0) is 18.1 Å². The van der Waals surface area contributed by atoms with Gasteiger partial charge in [0.05, 0.1) is 16.8 Å². The molecule has 2 heterocycles. The molecule has 0 unspecified atom stereocenters. The SMILES string of the molecule is CC(C)CNC(=O)[C@H]1CC(=O)N(c2n[nH]c3cccc(F)c23)C1. The van der Waals surface area contributed by atoms with E-state index in [4.69, 9.17) is 0 Å². The Morgan fingerprint density at radius 1 is 1.52 bits per heavy atom. The lowest BCUT2D eigenvalue weighted by Crippen LogP contribution is -2.35. The molecule has 1 saturated heterocycles. The van der Waals surface area contributed by atoms with Gasteiger partial charge in [0.15, 0.2) is 5.82 Å². The van der Waals surface area contributed by atoms with E-state index in [-0.39, 0.29) is 36.0 Å². The molecule has 0 bridgehead atoms. The summed E-state index contributed by atoms with van der Waals surface area (Å²) < 4.78 is 14.0. The Kier molecular flexibility index (Phi) is 4.02. The topological polar surface area (TPSA) is 78.1 Å². The van der Waals surface area contributed by atoms with E-state index in [2.05, 4.69) is 15.5 Å². The smallest absolute Gasteiger partial charge is 0.229 e. The first-order valence-electron chi connectivity index (χ1n) is 7.68. The average Bonchev–Trinajstić information content (AvgIpc) is 3.09. The van der Waals surface area contributed by atoms with Crippen LogP contribution in [-0.2, 0) is 9.59 Å². The number of carbonyl (C=O) groups is 2. The number of hydrogen-bond donors (Lipinski definition) is 2. The maximum Gasteiger partial charge on any atom is 0.229 e. The molecule has 1 fully saturated rings. The highest BCUT2D eigenvalue weighted by atomic mass is 19.1. The normalized spacial score (nSPS) is 18.2. The lowest BCUT2D eigenvalue weighted by molar-refractivity contribution is -0.126. The van der Waals surface area contributed by atoms with Gasteiger partial charge in [0.25, 0.3) is 0 Å². The first kappa shape index (κ1) is 15.5. The van der Waals surface area contributed by atoms with Crippen molar-refractivity contribution in [3.63, 3.8) is 0 Å². The number of fused-ring (bicyclic) bond motifs is 1. The number of nitrogens with zero attached hydrogens (tertiary/aromatic N) is 2. The van der Waals surface area contributed by atoms with E-state index in [1.165, 1.54) is 11.0 Å². The van der Waals surface area contributed by atoms with Crippen molar-refractivity contribution >= 4 is 28.5 Å². The minimum atomic E-state index is -0.438. The van der Waals surface area contributed by atoms with E-state index < -0.39 is 11.7 Å². The van der Waals surface area contributed by atoms with Crippen LogP contribution in [0.25, 0.3) is 10.9 Å². The summed E-state index contributed by atoms with van der Waals surface area (Å²) in [6, 6.07) is 4.60. The molecule has 23 heavy (non-hydrogen) atoms. The van der Waals surface area contributed by atoms with Crippen molar-refractivity contribution in [2.75, 3.05) is 18.0 Å². The molecule has 0 spiro atoms. The molecule has 2 amide bonds. The number of amides is 2. The van der Waals surface area contributed by atoms with Gasteiger partial charge in [-0.15, -0.1) is 0 Å². The standard InChI is InChI=1S/C16H19FN4O2/c1-9(2)7-18-16(23)10-6-13(22)21(8-10)15-14-11(17)4-3-5-12(14)19-20-15/h3-5,9-10H,6-8H2,1-2H3,(H,18,23)(H,19,20)/t10-/m0/s1. The highest BCUT2D eigenvalue weighted by Gasteiger charge is 2.37. The largest absolute Gasteiger partial charge is 0.356 e. The van der Waals surface area contributed by atoms with Gasteiger partial charge in [-0.2, -0.15) is 5.10 Å². The number of carbonyl (C=O) groups excluding carboxylic acids is 2. The quantitative estimate of drug-likeness (QED) is 0.903. The van der Waals surface area contributed by atoms with Crippen LogP contribution in [0.5, 0.6) is 0 Å². The van der Waals surface area contributed by atoms with Crippen LogP contribution in [-0.4, -0.2) is 35.1 Å². The number of nitrogens with one attached hydrogen (secondary N) is 2. The molecule has 6 nitrogen and oxygen atoms in total. The number of hydrogen-bond acceptors (Lipinski definition) is 3. The lowest BCUT2D eigenvalue weighted by atomic mass is 10.1. The Morgan fingerprint density at radius 2 is 2.30 bits per heavy atom. The summed E-state index contributed by atoms with van der Waals surface area (Å²) in [6.45, 7) is 4.80. The molecule has 1 aromatic carbocycles. The van der Waals surface area contributed by atoms with Gasteiger partial charge in [-0.25, -0.2) is 4.39 Å². The number of rotatable bonds is 4. The number of anilines is 1. The van der Waals surface area contributed by atoms with Crippen LogP contribution < -0.4 is 10.2 Å². The number of benzene rings is 1. The van der Waals surface area contributed by atoms with Crippen molar-refractivity contribution in [2.24, 2.45) is 11.8 Å². The number of H-pyrrole nitrogens is 1. The van der Waals surface area contributed by atoms with Crippen molar-refractivity contribution in [3.8, 4) is 0 Å². The van der Waals surface area contributed by atoms with E-state index in [1.54, 1.807) is 12.1 Å². The molecule has 0 aliphatic carbocycles. The molecular weight excluding hydrogens is 299 g/mol. The molecule has 0 radical (unpaired) electrons. The average molecular weight is 318 g/mol. The fourth-order valence-electron chi connectivity index (χ4n) is 2.75. The maximum atomic E-state index is 14.0. The minimum Gasteiger partial charge on any atom is -0.356 e. The summed E-state index contributed by atoms with van der Waals surface area (Å²) in [5, 5.41) is 9.91. The van der Waals surface area contributed by atoms with Crippen LogP contribution in [0.4, 0.5) is 10.2 Å². The molecule has 1 aliphatic rings. The summed E-state index contributed by atoms with van der Waals surface area (Å²) in [5.41, 5.74) is 0.528. The van der Waals surface area contributed by atoms with Gasteiger partial charge < -0.3 is 5.32 Å². The molecule has 122 valence electrons. The van der Waals surface area contributed by atoms with Crippen LogP contribution in [0, 0.1) is 17.7 Å². The molecular formula is C16H19FN4O2. The molecule has 2 aromatic rings. The van der Waals surface area contributed by atoms with Crippen molar-refractivity contribution in [1.29, 1.82) is 0 Å². The van der Waals surface area contributed by atoms with E-state index in [9.17, 15) is 14.0 Å². The predicted octanol–water partition coefficient (Wildman–Crippen LogP) is 1.83. The van der Waals surface area contributed by atoms with Crippen LogP contribution in [0.1, 0.15) is 20.3 Å². The van der Waals surface area contributed by atoms with E-state index in [0.717, 1.165) is 0 Å². The number of aromatic amines is 1. The zero-order valence-electron chi connectivity index (χ0n) is 13.1. The van der Waals surface area contributed by atoms with Crippen LogP contribution in [0.2, 0.25) is 0 Å². The fourth-order valence-corrected chi connectivity index (χ4v) is 2.75. The summed E-state index contributed by atoms with van der Waals surface area (Å²) in [7, 11) is 0. The summed E-state index contributed by atoms with van der Waals surface area (Å²) >= 11 is 0. The minimum absolute atomic E-state index is 0.118. The van der Waals surface area contributed by atoms with E-state index in [0.29, 0.717) is 18.0 Å². The molecule has 3 rings (SSSR count). The molecule has 1 atom stereocenters. The maximum absolute atomic E-state index is 14.0. The van der Waals surface area contributed by atoms with Gasteiger partial charge in [0.1, 0.15) is 5.82 Å². The molecule has 2 N–H and O–H groups in total. The van der Waals surface area contributed by atoms with E-state index in [1.807, 2.05) is 13.8 Å². The third-order valence-electron chi connectivity index (χ3n) is 3.96. The molecule has 0 saturated carbocycles. The van der Waals surface area contributed by atoms with Crippen LogP contribution in [0.15, 0.2) is 18.2 Å². The monoisotopic (exact) mass is 318 g/mol. The molecule has 7 heteroatoms. The Balaban J connectivity index is 1.81. The van der Waals surface area contributed by atoms with Gasteiger partial charge in [0.2, 0.25) is 11.8 Å². The molecule has 1 aliphatic heterocycles. The third-order valence-corrected chi connectivity index (χ3v) is 3.96. The van der Waals surface area contributed by atoms with Crippen molar-refractivity contribution in [2.45, 2.75) is 20.3 Å².